The Bertz CT molecular complexity index is 760. The summed E-state index contributed by atoms with van der Waals surface area (Å²) in [5, 5.41) is 18.6. The fraction of sp³-hybridized carbons (Fsp3) is 0.500. The van der Waals surface area contributed by atoms with Crippen molar-refractivity contribution in [3.05, 3.63) is 33.9 Å². The quantitative estimate of drug-likeness (QED) is 0.383. The number of nitrogens with zero attached hydrogens (tertiary/aromatic N) is 1. The van der Waals surface area contributed by atoms with E-state index in [1.807, 2.05) is 0 Å². The first-order chi connectivity index (χ1) is 13.3. The molecule has 0 aliphatic heterocycles. The normalized spacial score (nSPS) is 15.2. The summed E-state index contributed by atoms with van der Waals surface area (Å²) >= 11 is 0. The highest BCUT2D eigenvalue weighted by molar-refractivity contribution is 5.98. The minimum atomic E-state index is -1.24. The van der Waals surface area contributed by atoms with Gasteiger partial charge in [-0.25, -0.2) is 9.59 Å². The number of urea groups is 1. The third-order valence-electron chi connectivity index (χ3n) is 4.53. The van der Waals surface area contributed by atoms with Crippen LogP contribution < -0.4 is 16.0 Å². The zero-order valence-electron chi connectivity index (χ0n) is 15.8. The maximum Gasteiger partial charge on any atom is 0.339 e. The van der Waals surface area contributed by atoms with Gasteiger partial charge < -0.3 is 15.4 Å². The summed E-state index contributed by atoms with van der Waals surface area (Å²) in [6, 6.07) is 3.19. The second-order valence-electron chi connectivity index (χ2n) is 6.58. The highest BCUT2D eigenvalue weighted by Gasteiger charge is 2.24. The van der Waals surface area contributed by atoms with E-state index in [0.29, 0.717) is 0 Å². The van der Waals surface area contributed by atoms with Gasteiger partial charge in [0.25, 0.3) is 11.6 Å². The molecule has 0 heterocycles. The molecule has 0 bridgehead atoms. The number of amides is 3. The molecule has 1 aliphatic carbocycles. The van der Waals surface area contributed by atoms with Gasteiger partial charge in [-0.1, -0.05) is 19.3 Å². The maximum absolute atomic E-state index is 12.2. The molecule has 10 heteroatoms. The Hall–Kier alpha value is -3.17. The largest absolute Gasteiger partial charge is 0.449 e. The highest BCUT2D eigenvalue weighted by atomic mass is 16.6. The first kappa shape index (κ1) is 21.1. The summed E-state index contributed by atoms with van der Waals surface area (Å²) in [6.07, 6.45) is 3.70. The molecule has 1 fully saturated rings. The molecular weight excluding hydrogens is 368 g/mol. The average molecular weight is 392 g/mol. The van der Waals surface area contributed by atoms with E-state index in [2.05, 4.69) is 16.0 Å². The van der Waals surface area contributed by atoms with Crippen LogP contribution in [0.25, 0.3) is 0 Å². The summed E-state index contributed by atoms with van der Waals surface area (Å²) in [5.41, 5.74) is -0.121. The van der Waals surface area contributed by atoms with Gasteiger partial charge in [0.2, 0.25) is 0 Å². The number of hydrogen-bond acceptors (Lipinski definition) is 7. The Balaban J connectivity index is 1.92. The van der Waals surface area contributed by atoms with E-state index in [-0.39, 0.29) is 23.0 Å². The van der Waals surface area contributed by atoms with Gasteiger partial charge in [-0.05, 0) is 31.9 Å². The van der Waals surface area contributed by atoms with Crippen molar-refractivity contribution >= 4 is 29.3 Å². The fourth-order valence-corrected chi connectivity index (χ4v) is 2.99. The van der Waals surface area contributed by atoms with Crippen LogP contribution >= 0.6 is 0 Å². The maximum atomic E-state index is 12.2. The van der Waals surface area contributed by atoms with E-state index >= 15 is 0 Å². The summed E-state index contributed by atoms with van der Waals surface area (Å²) in [6.45, 7) is 1.32. The summed E-state index contributed by atoms with van der Waals surface area (Å²) in [5.74, 6) is -1.68. The van der Waals surface area contributed by atoms with Crippen LogP contribution in [0.4, 0.5) is 16.2 Å². The van der Waals surface area contributed by atoms with Crippen LogP contribution in [0.1, 0.15) is 49.4 Å². The number of imide groups is 1. The van der Waals surface area contributed by atoms with Gasteiger partial charge in [0, 0.05) is 19.2 Å². The van der Waals surface area contributed by atoms with Crippen LogP contribution in [-0.2, 0) is 9.53 Å². The molecule has 0 radical (unpaired) electrons. The molecule has 152 valence electrons. The monoisotopic (exact) mass is 392 g/mol. The number of benzene rings is 1. The third-order valence-corrected chi connectivity index (χ3v) is 4.53. The van der Waals surface area contributed by atoms with Crippen molar-refractivity contribution in [1.29, 1.82) is 0 Å². The molecule has 1 aromatic carbocycles. The van der Waals surface area contributed by atoms with Crippen molar-refractivity contribution in [2.75, 3.05) is 12.4 Å². The van der Waals surface area contributed by atoms with Crippen molar-refractivity contribution < 1.29 is 24.0 Å². The molecule has 3 N–H and O–H groups in total. The van der Waals surface area contributed by atoms with Crippen LogP contribution in [0.3, 0.4) is 0 Å². The Morgan fingerprint density at radius 2 is 1.89 bits per heavy atom. The van der Waals surface area contributed by atoms with Crippen LogP contribution in [0.15, 0.2) is 18.2 Å². The molecule has 0 unspecified atom stereocenters. The summed E-state index contributed by atoms with van der Waals surface area (Å²) in [7, 11) is 1.52. The standard InChI is InChI=1S/C18H24N4O6/c1-11(16(23)21-18(25)20-13-6-4-3-5-7-13)28-17(24)12-8-9-14(19-2)15(10-12)22(26)27/h8-11,13,19H,3-7H2,1-2H3,(H2,20,21,23,25)/t11-/m0/s1. The number of nitro benzene ring substituents is 1. The molecule has 10 nitrogen and oxygen atoms in total. The lowest BCUT2D eigenvalue weighted by molar-refractivity contribution is -0.384. The van der Waals surface area contributed by atoms with Gasteiger partial charge in [0.1, 0.15) is 5.69 Å². The van der Waals surface area contributed by atoms with Crippen molar-refractivity contribution in [1.82, 2.24) is 10.6 Å². The highest BCUT2D eigenvalue weighted by Crippen LogP contribution is 2.25. The number of nitrogens with one attached hydrogen (secondary N) is 3. The van der Waals surface area contributed by atoms with Crippen molar-refractivity contribution in [3.63, 3.8) is 0 Å². The third kappa shape index (κ3) is 5.66. The topological polar surface area (TPSA) is 140 Å². The lowest BCUT2D eigenvalue weighted by Crippen LogP contribution is -2.48. The number of carbonyl (C=O) groups excluding carboxylic acids is 3. The fourth-order valence-electron chi connectivity index (χ4n) is 2.99. The number of rotatable bonds is 6. The Morgan fingerprint density at radius 1 is 1.21 bits per heavy atom. The second kappa shape index (κ2) is 9.67. The molecule has 1 saturated carbocycles. The van der Waals surface area contributed by atoms with Gasteiger partial charge in [-0.3, -0.25) is 20.2 Å². The number of esters is 1. The number of carbonyl (C=O) groups is 3. The molecule has 0 saturated heterocycles. The van der Waals surface area contributed by atoms with E-state index in [0.717, 1.165) is 38.2 Å². The van der Waals surface area contributed by atoms with Crippen LogP contribution in [0.2, 0.25) is 0 Å². The molecule has 0 spiro atoms. The number of nitro groups is 1. The minimum absolute atomic E-state index is 0.0330. The van der Waals surface area contributed by atoms with Crippen molar-refractivity contribution in [2.45, 2.75) is 51.2 Å². The van der Waals surface area contributed by atoms with E-state index in [9.17, 15) is 24.5 Å². The predicted octanol–water partition coefficient (Wildman–Crippen LogP) is 2.34. The molecule has 1 aliphatic rings. The van der Waals surface area contributed by atoms with E-state index in [4.69, 9.17) is 4.74 Å². The second-order valence-corrected chi connectivity index (χ2v) is 6.58. The lowest BCUT2D eigenvalue weighted by Gasteiger charge is -2.23. The Labute approximate surface area is 162 Å². The van der Waals surface area contributed by atoms with Crippen molar-refractivity contribution in [2.24, 2.45) is 0 Å². The van der Waals surface area contributed by atoms with Gasteiger partial charge >= 0.3 is 12.0 Å². The minimum Gasteiger partial charge on any atom is -0.449 e. The van der Waals surface area contributed by atoms with E-state index in [1.165, 1.54) is 26.1 Å². The number of ether oxygens (including phenoxy) is 1. The molecule has 3 amide bonds. The SMILES string of the molecule is CNc1ccc(C(=O)O[C@@H](C)C(=O)NC(=O)NC2CCCCC2)cc1[N+](=O)[O-]. The Morgan fingerprint density at radius 3 is 2.50 bits per heavy atom. The van der Waals surface area contributed by atoms with E-state index < -0.39 is 28.9 Å². The van der Waals surface area contributed by atoms with Gasteiger partial charge in [-0.2, -0.15) is 0 Å². The van der Waals surface area contributed by atoms with Crippen molar-refractivity contribution in [3.8, 4) is 0 Å². The van der Waals surface area contributed by atoms with Crippen LogP contribution in [-0.4, -0.2) is 42.0 Å². The number of anilines is 1. The molecular formula is C18H24N4O6. The summed E-state index contributed by atoms with van der Waals surface area (Å²) < 4.78 is 5.02. The zero-order chi connectivity index (χ0) is 20.7. The molecule has 1 atom stereocenters. The Kier molecular flexibility index (Phi) is 7.30. The first-order valence-electron chi connectivity index (χ1n) is 9.10. The first-order valence-corrected chi connectivity index (χ1v) is 9.10. The van der Waals surface area contributed by atoms with Gasteiger partial charge in [0.05, 0.1) is 10.5 Å². The van der Waals surface area contributed by atoms with E-state index in [1.54, 1.807) is 0 Å². The van der Waals surface area contributed by atoms with Gasteiger partial charge in [0.15, 0.2) is 6.10 Å². The van der Waals surface area contributed by atoms with Crippen LogP contribution in [0, 0.1) is 10.1 Å². The average Bonchev–Trinajstić information content (AvgIpc) is 2.67. The number of hydrogen-bond donors (Lipinski definition) is 3. The lowest BCUT2D eigenvalue weighted by atomic mass is 9.96. The molecule has 0 aromatic heterocycles. The van der Waals surface area contributed by atoms with Gasteiger partial charge in [-0.15, -0.1) is 0 Å². The van der Waals surface area contributed by atoms with Crippen LogP contribution in [0.5, 0.6) is 0 Å². The molecule has 28 heavy (non-hydrogen) atoms. The summed E-state index contributed by atoms with van der Waals surface area (Å²) in [4.78, 5) is 46.6. The molecule has 2 rings (SSSR count). The zero-order valence-corrected chi connectivity index (χ0v) is 15.8. The predicted molar refractivity (Wildman–Crippen MR) is 101 cm³/mol. The molecule has 1 aromatic rings. The smallest absolute Gasteiger partial charge is 0.339 e.